The lowest BCUT2D eigenvalue weighted by molar-refractivity contribution is 0.555. The zero-order valence-electron chi connectivity index (χ0n) is 4.63. The molecule has 3 heteroatoms. The Bertz CT molecular complexity index is 181. The maximum Gasteiger partial charge on any atom is 0.136 e. The lowest BCUT2D eigenvalue weighted by Gasteiger charge is -2.04. The molecular weight excluding hydrogens is 190 g/mol. The lowest BCUT2D eigenvalue weighted by Crippen LogP contribution is -1.87. The first kappa shape index (κ1) is 6.93. The molecule has 0 bridgehead atoms. The van der Waals surface area contributed by atoms with Gasteiger partial charge in [-0.2, -0.15) is 0 Å². The van der Waals surface area contributed by atoms with Gasteiger partial charge in [0.2, 0.25) is 0 Å². The highest BCUT2D eigenvalue weighted by Gasteiger charge is 2.12. The molecule has 0 spiro atoms. The van der Waals surface area contributed by atoms with E-state index in [0.29, 0.717) is 12.8 Å². The summed E-state index contributed by atoms with van der Waals surface area (Å²) in [6.45, 7) is 0. The van der Waals surface area contributed by atoms with Gasteiger partial charge < -0.3 is 0 Å². The first-order chi connectivity index (χ1) is 4.22. The van der Waals surface area contributed by atoms with Crippen molar-refractivity contribution in [1.29, 1.82) is 0 Å². The third kappa shape index (κ3) is 1.39. The van der Waals surface area contributed by atoms with Gasteiger partial charge in [0.25, 0.3) is 0 Å². The van der Waals surface area contributed by atoms with Crippen LogP contribution in [0.5, 0.6) is 0 Å². The first-order valence-corrected chi connectivity index (χ1v) is 3.41. The van der Waals surface area contributed by atoms with Gasteiger partial charge in [-0.3, -0.25) is 0 Å². The fourth-order valence-corrected chi connectivity index (χ4v) is 1.01. The van der Waals surface area contributed by atoms with Crippen LogP contribution in [0.3, 0.4) is 0 Å². The molecule has 0 atom stereocenters. The molecular formula is C6H5BrF2. The predicted molar refractivity (Wildman–Crippen MR) is 35.5 cm³/mol. The van der Waals surface area contributed by atoms with Gasteiger partial charge in [0.05, 0.1) is 4.48 Å². The van der Waals surface area contributed by atoms with Crippen LogP contribution < -0.4 is 0 Å². The molecule has 0 unspecified atom stereocenters. The summed E-state index contributed by atoms with van der Waals surface area (Å²) < 4.78 is 24.7. The molecule has 0 fully saturated rings. The molecule has 50 valence electrons. The Morgan fingerprint density at radius 3 is 2.56 bits per heavy atom. The summed E-state index contributed by atoms with van der Waals surface area (Å²) in [6.07, 6.45) is 2.15. The quantitative estimate of drug-likeness (QED) is 0.556. The second-order valence-electron chi connectivity index (χ2n) is 1.81. The molecule has 0 aliphatic heterocycles. The first-order valence-electron chi connectivity index (χ1n) is 2.62. The summed E-state index contributed by atoms with van der Waals surface area (Å²) in [4.78, 5) is 0. The number of allylic oxidation sites excluding steroid dienone is 4. The minimum Gasteiger partial charge on any atom is -0.210 e. The van der Waals surface area contributed by atoms with Crippen LogP contribution in [-0.4, -0.2) is 0 Å². The summed E-state index contributed by atoms with van der Waals surface area (Å²) in [5.41, 5.74) is 0. The Morgan fingerprint density at radius 2 is 2.11 bits per heavy atom. The maximum atomic E-state index is 12.4. The summed E-state index contributed by atoms with van der Waals surface area (Å²) >= 11 is 2.78. The average molecular weight is 195 g/mol. The Labute approximate surface area is 60.4 Å². The van der Waals surface area contributed by atoms with Gasteiger partial charge in [-0.15, -0.1) is 0 Å². The van der Waals surface area contributed by atoms with E-state index in [1.807, 2.05) is 0 Å². The second-order valence-corrected chi connectivity index (χ2v) is 2.60. The average Bonchev–Trinajstić information content (AvgIpc) is 1.83. The van der Waals surface area contributed by atoms with Gasteiger partial charge in [0, 0.05) is 6.42 Å². The van der Waals surface area contributed by atoms with Gasteiger partial charge >= 0.3 is 0 Å². The van der Waals surface area contributed by atoms with Crippen molar-refractivity contribution in [2.45, 2.75) is 12.8 Å². The smallest absolute Gasteiger partial charge is 0.136 e. The minimum atomic E-state index is -0.487. The summed E-state index contributed by atoms with van der Waals surface area (Å²) in [6, 6.07) is 0. The standard InChI is InChI=1S/C6H5BrF2/c7-6-4(8)2-1-3-5(6)9/h2H,1,3H2. The molecule has 0 aromatic carbocycles. The van der Waals surface area contributed by atoms with Crippen molar-refractivity contribution in [3.05, 3.63) is 22.2 Å². The van der Waals surface area contributed by atoms with Crippen LogP contribution in [0.4, 0.5) is 8.78 Å². The van der Waals surface area contributed by atoms with Gasteiger partial charge in [0.1, 0.15) is 11.7 Å². The SMILES string of the molecule is FC1=CCCC(F)=C1Br. The van der Waals surface area contributed by atoms with Crippen molar-refractivity contribution in [3.8, 4) is 0 Å². The van der Waals surface area contributed by atoms with Crippen LogP contribution in [0.2, 0.25) is 0 Å². The molecule has 0 saturated carbocycles. The normalized spacial score (nSPS) is 20.1. The molecule has 0 aromatic rings. The Hall–Kier alpha value is -0.180. The van der Waals surface area contributed by atoms with Crippen molar-refractivity contribution in [2.24, 2.45) is 0 Å². The summed E-state index contributed by atoms with van der Waals surface area (Å²) in [7, 11) is 0. The molecule has 1 rings (SSSR count). The van der Waals surface area contributed by atoms with Crippen molar-refractivity contribution in [2.75, 3.05) is 0 Å². The van der Waals surface area contributed by atoms with E-state index in [4.69, 9.17) is 0 Å². The number of hydrogen-bond acceptors (Lipinski definition) is 0. The van der Waals surface area contributed by atoms with Crippen molar-refractivity contribution in [3.63, 3.8) is 0 Å². The highest BCUT2D eigenvalue weighted by Crippen LogP contribution is 2.30. The maximum absolute atomic E-state index is 12.4. The van der Waals surface area contributed by atoms with Crippen LogP contribution in [0.1, 0.15) is 12.8 Å². The van der Waals surface area contributed by atoms with Crippen LogP contribution in [-0.2, 0) is 0 Å². The third-order valence-corrected chi connectivity index (χ3v) is 1.94. The molecule has 1 aliphatic rings. The van der Waals surface area contributed by atoms with Gasteiger partial charge in [0.15, 0.2) is 0 Å². The Kier molecular flexibility index (Phi) is 2.01. The minimum absolute atomic E-state index is 0.0197. The van der Waals surface area contributed by atoms with Gasteiger partial charge in [-0.05, 0) is 28.4 Å². The summed E-state index contributed by atoms with van der Waals surface area (Å²) in [5.74, 6) is -0.881. The zero-order chi connectivity index (χ0) is 6.85. The fraction of sp³-hybridized carbons (Fsp3) is 0.333. The van der Waals surface area contributed by atoms with Crippen LogP contribution in [0, 0.1) is 0 Å². The number of halogens is 3. The fourth-order valence-electron chi connectivity index (χ4n) is 0.655. The number of hydrogen-bond donors (Lipinski definition) is 0. The van der Waals surface area contributed by atoms with Gasteiger partial charge in [-0.1, -0.05) is 0 Å². The second kappa shape index (κ2) is 2.60. The third-order valence-electron chi connectivity index (χ3n) is 1.14. The largest absolute Gasteiger partial charge is 0.210 e. The lowest BCUT2D eigenvalue weighted by atomic mass is 10.2. The highest BCUT2D eigenvalue weighted by atomic mass is 79.9. The molecule has 1 aliphatic carbocycles. The van der Waals surface area contributed by atoms with Crippen molar-refractivity contribution in [1.82, 2.24) is 0 Å². The van der Waals surface area contributed by atoms with E-state index in [9.17, 15) is 8.78 Å². The molecule has 0 saturated heterocycles. The van der Waals surface area contributed by atoms with E-state index in [2.05, 4.69) is 15.9 Å². The van der Waals surface area contributed by atoms with Crippen molar-refractivity contribution >= 4 is 15.9 Å². The summed E-state index contributed by atoms with van der Waals surface area (Å²) in [5, 5.41) is 0. The topological polar surface area (TPSA) is 0 Å². The van der Waals surface area contributed by atoms with Crippen molar-refractivity contribution < 1.29 is 8.78 Å². The molecule has 0 aromatic heterocycles. The molecule has 0 nitrogen and oxygen atoms in total. The monoisotopic (exact) mass is 194 g/mol. The van der Waals surface area contributed by atoms with E-state index in [-0.39, 0.29) is 4.48 Å². The van der Waals surface area contributed by atoms with Crippen LogP contribution in [0.15, 0.2) is 22.2 Å². The van der Waals surface area contributed by atoms with E-state index in [1.165, 1.54) is 6.08 Å². The van der Waals surface area contributed by atoms with E-state index in [1.54, 1.807) is 0 Å². The predicted octanol–water partition coefficient (Wildman–Crippen LogP) is 3.21. The number of rotatable bonds is 0. The Morgan fingerprint density at radius 1 is 1.44 bits per heavy atom. The van der Waals surface area contributed by atoms with E-state index < -0.39 is 11.7 Å². The molecule has 9 heavy (non-hydrogen) atoms. The zero-order valence-corrected chi connectivity index (χ0v) is 6.21. The molecule has 0 amide bonds. The molecule has 0 N–H and O–H groups in total. The van der Waals surface area contributed by atoms with E-state index >= 15 is 0 Å². The molecule has 0 heterocycles. The molecule has 0 radical (unpaired) electrons. The van der Waals surface area contributed by atoms with Crippen LogP contribution >= 0.6 is 15.9 Å². The van der Waals surface area contributed by atoms with Crippen LogP contribution in [0.25, 0.3) is 0 Å². The van der Waals surface area contributed by atoms with E-state index in [0.717, 1.165) is 0 Å². The highest BCUT2D eigenvalue weighted by molar-refractivity contribution is 9.12. The Balaban J connectivity index is 2.88. The van der Waals surface area contributed by atoms with Gasteiger partial charge in [-0.25, -0.2) is 8.78 Å².